The molecule has 10 aromatic rings. The Morgan fingerprint density at radius 1 is 0.388 bits per heavy atom. The van der Waals surface area contributed by atoms with Crippen LogP contribution in [0.4, 0.5) is 0 Å². The third-order valence-corrected chi connectivity index (χ3v) is 9.02. The Morgan fingerprint density at radius 3 is 1.65 bits per heavy atom. The maximum absolute atomic E-state index is 9.92. The van der Waals surface area contributed by atoms with E-state index in [0.717, 1.165) is 32.7 Å². The van der Waals surface area contributed by atoms with Crippen molar-refractivity contribution in [2.75, 3.05) is 0 Å². The Morgan fingerprint density at radius 2 is 0.959 bits per heavy atom. The summed E-state index contributed by atoms with van der Waals surface area (Å²) in [6.07, 6.45) is 0. The zero-order valence-corrected chi connectivity index (χ0v) is 25.6. The van der Waals surface area contributed by atoms with Gasteiger partial charge in [-0.05, 0) is 89.6 Å². The number of fused-ring (bicyclic) bond motifs is 7. The molecule has 49 heavy (non-hydrogen) atoms. The maximum atomic E-state index is 9.92. The number of hydrogen-bond acceptors (Lipinski definition) is 1. The molecule has 10 rings (SSSR count). The minimum absolute atomic E-state index is 0.0275. The topological polar surface area (TPSA) is 13.1 Å². The van der Waals surface area contributed by atoms with Gasteiger partial charge < -0.3 is 4.42 Å². The second-order valence-corrected chi connectivity index (χ2v) is 11.7. The molecule has 1 nitrogen and oxygen atoms in total. The highest BCUT2D eigenvalue weighted by Crippen LogP contribution is 2.48. The summed E-state index contributed by atoms with van der Waals surface area (Å²) in [6.45, 7) is 0. The van der Waals surface area contributed by atoms with E-state index in [1.807, 2.05) is 66.7 Å². The molecule has 0 bridgehead atoms. The van der Waals surface area contributed by atoms with Crippen molar-refractivity contribution < 1.29 is 25.0 Å². The van der Waals surface area contributed by atoms with Crippen LogP contribution in [0.15, 0.2) is 186 Å². The molecule has 0 spiro atoms. The third-order valence-electron chi connectivity index (χ3n) is 9.02. The van der Waals surface area contributed by atoms with E-state index < -0.39 is 72.5 Å². The van der Waals surface area contributed by atoms with Crippen molar-refractivity contribution in [3.8, 4) is 44.5 Å². The van der Waals surface area contributed by atoms with Crippen LogP contribution in [0.3, 0.4) is 0 Å². The van der Waals surface area contributed by atoms with E-state index in [-0.39, 0.29) is 62.1 Å². The van der Waals surface area contributed by atoms with Gasteiger partial charge in [-0.1, -0.05) is 163 Å². The van der Waals surface area contributed by atoms with Crippen molar-refractivity contribution in [3.05, 3.63) is 182 Å². The van der Waals surface area contributed by atoms with E-state index in [1.54, 1.807) is 24.3 Å². The van der Waals surface area contributed by atoms with Crippen LogP contribution in [-0.2, 0) is 0 Å². The van der Waals surface area contributed by atoms with Gasteiger partial charge in [0.1, 0.15) is 11.2 Å². The van der Waals surface area contributed by atoms with Gasteiger partial charge in [-0.15, -0.1) is 0 Å². The quantitative estimate of drug-likeness (QED) is 0.175. The van der Waals surface area contributed by atoms with Crippen molar-refractivity contribution in [1.29, 1.82) is 0 Å². The van der Waals surface area contributed by atoms with Crippen LogP contribution in [0.2, 0.25) is 0 Å². The zero-order chi connectivity index (χ0) is 45.4. The molecule has 0 aliphatic rings. The van der Waals surface area contributed by atoms with Gasteiger partial charge in [-0.2, -0.15) is 0 Å². The first kappa shape index (κ1) is 16.6. The van der Waals surface area contributed by atoms with Crippen LogP contribution in [0.1, 0.15) is 20.6 Å². The molecule has 1 heterocycles. The van der Waals surface area contributed by atoms with E-state index in [4.69, 9.17) is 23.6 Å². The number of benzene rings is 9. The van der Waals surface area contributed by atoms with Gasteiger partial charge >= 0.3 is 0 Å². The monoisotopic (exact) mass is 637 g/mol. The zero-order valence-electron chi connectivity index (χ0n) is 40.6. The van der Waals surface area contributed by atoms with Gasteiger partial charge in [0, 0.05) is 16.2 Å². The minimum atomic E-state index is -0.667. The highest BCUT2D eigenvalue weighted by molar-refractivity contribution is 6.28. The van der Waals surface area contributed by atoms with Crippen molar-refractivity contribution >= 4 is 54.3 Å². The van der Waals surface area contributed by atoms with Gasteiger partial charge in [-0.25, -0.2) is 0 Å². The second-order valence-electron chi connectivity index (χ2n) is 11.7. The lowest BCUT2D eigenvalue weighted by Gasteiger charge is -2.18. The molecule has 0 aliphatic carbocycles. The lowest BCUT2D eigenvalue weighted by molar-refractivity contribution is 0.673. The smallest absolute Gasteiger partial charge is 0.143 e. The molecule has 0 saturated heterocycles. The largest absolute Gasteiger partial charge is 0.455 e. The minimum Gasteiger partial charge on any atom is -0.455 e. The summed E-state index contributed by atoms with van der Waals surface area (Å²) in [5, 5.41) is 3.33. The van der Waals surface area contributed by atoms with Crippen molar-refractivity contribution in [1.82, 2.24) is 0 Å². The summed E-state index contributed by atoms with van der Waals surface area (Å²) < 4.78 is 137. The molecule has 0 amide bonds. The van der Waals surface area contributed by atoms with E-state index in [0.29, 0.717) is 22.1 Å². The summed E-state index contributed by atoms with van der Waals surface area (Å²) in [5.41, 5.74) is 2.95. The third kappa shape index (κ3) is 4.33. The summed E-state index contributed by atoms with van der Waals surface area (Å²) >= 11 is 0. The molecule has 0 unspecified atom stereocenters. The van der Waals surface area contributed by atoms with Crippen molar-refractivity contribution in [3.63, 3.8) is 0 Å². The van der Waals surface area contributed by atoms with Gasteiger partial charge in [0.15, 0.2) is 0 Å². The van der Waals surface area contributed by atoms with Crippen LogP contribution >= 0.6 is 0 Å². The predicted octanol–water partition coefficient (Wildman–Crippen LogP) is 13.7. The molecular formula is C48H30O. The highest BCUT2D eigenvalue weighted by atomic mass is 16.3. The van der Waals surface area contributed by atoms with Crippen LogP contribution < -0.4 is 0 Å². The van der Waals surface area contributed by atoms with E-state index >= 15 is 0 Å². The Hall–Kier alpha value is -6.44. The van der Waals surface area contributed by atoms with E-state index in [1.165, 1.54) is 0 Å². The Labute approximate surface area is 305 Å². The molecular weight excluding hydrogens is 593 g/mol. The second kappa shape index (κ2) is 11.1. The summed E-state index contributed by atoms with van der Waals surface area (Å²) in [7, 11) is 0. The van der Waals surface area contributed by atoms with Gasteiger partial charge in [0.25, 0.3) is 0 Å². The van der Waals surface area contributed by atoms with Crippen molar-refractivity contribution in [2.45, 2.75) is 0 Å². The van der Waals surface area contributed by atoms with E-state index in [9.17, 15) is 1.37 Å². The Balaban J connectivity index is 1.35. The van der Waals surface area contributed by atoms with E-state index in [2.05, 4.69) is 0 Å². The Kier molecular flexibility index (Phi) is 3.75. The first-order valence-electron chi connectivity index (χ1n) is 23.1. The van der Waals surface area contributed by atoms with Gasteiger partial charge in [0.05, 0.1) is 20.6 Å². The van der Waals surface area contributed by atoms with Gasteiger partial charge in [0.2, 0.25) is 0 Å². The number of furan rings is 1. The summed E-state index contributed by atoms with van der Waals surface area (Å²) in [5.74, 6) is 0. The van der Waals surface area contributed by atoms with Crippen LogP contribution in [0.5, 0.6) is 0 Å². The van der Waals surface area contributed by atoms with Gasteiger partial charge in [-0.3, -0.25) is 0 Å². The lowest BCUT2D eigenvalue weighted by Crippen LogP contribution is -1.91. The molecule has 0 fully saturated rings. The Bertz CT molecular complexity index is 3630. The average molecular weight is 638 g/mol. The number of hydrogen-bond donors (Lipinski definition) is 0. The predicted molar refractivity (Wildman–Crippen MR) is 208 cm³/mol. The molecule has 228 valence electrons. The maximum Gasteiger partial charge on any atom is 0.143 e. The first-order valence-corrected chi connectivity index (χ1v) is 15.6. The lowest BCUT2D eigenvalue weighted by atomic mass is 9.84. The molecule has 0 atom stereocenters. The fourth-order valence-electron chi connectivity index (χ4n) is 7.03. The SMILES string of the molecule is [2H]c1c([2H])c([2H])c(-c2cccc(-c3c4ccccc4c(-c4cccc5oc6c7c([2H])c([2H])c([2H])c([2H])c7c(-c7c([2H])c([2H])c([2H])c([2H])c7[2H])c([2H])c6c45)c4ccccc34)c2)c([2H])c1[2H]. The standard InChI is InChI=1S/C48H30O/c1-3-15-31(16-4-1)33-19-13-20-34(29-33)45-36-22-8-10-24-38(36)46(39-25-11-9-23-37(39)45)41-27-14-28-44-47(41)43-30-42(32-17-5-2-6-18-32)35-21-7-12-26-40(35)48(43)49-44/h1-30H/i1D,2D,3D,4D,5D,6D,7D,12D,15D,16D,17D,18D,21D,26D,30D. The summed E-state index contributed by atoms with van der Waals surface area (Å²) in [4.78, 5) is 0. The molecule has 1 aromatic heterocycles. The highest BCUT2D eigenvalue weighted by Gasteiger charge is 2.22. The molecule has 0 aliphatic heterocycles. The average Bonchev–Trinajstić information content (AvgIpc) is 3.70. The molecule has 9 aromatic carbocycles. The first-order chi connectivity index (χ1) is 30.6. The number of rotatable bonds is 4. The van der Waals surface area contributed by atoms with Crippen LogP contribution in [0.25, 0.3) is 98.8 Å². The normalized spacial score (nSPS) is 16.0. The fourth-order valence-corrected chi connectivity index (χ4v) is 7.03. The summed E-state index contributed by atoms with van der Waals surface area (Å²) in [6, 6.07) is 20.0. The molecule has 0 N–H and O–H groups in total. The van der Waals surface area contributed by atoms with Crippen molar-refractivity contribution in [2.24, 2.45) is 0 Å². The van der Waals surface area contributed by atoms with Crippen LogP contribution in [-0.4, -0.2) is 0 Å². The fraction of sp³-hybridized carbons (Fsp3) is 0. The molecule has 0 saturated carbocycles. The molecule has 1 heteroatoms. The van der Waals surface area contributed by atoms with Crippen LogP contribution in [0, 0.1) is 0 Å². The molecule has 0 radical (unpaired) electrons.